The van der Waals surface area contributed by atoms with Gasteiger partial charge in [0.25, 0.3) is 5.91 Å². The second-order valence-corrected chi connectivity index (χ2v) is 6.03. The first-order chi connectivity index (χ1) is 8.16. The lowest BCUT2D eigenvalue weighted by Crippen LogP contribution is -2.37. The van der Waals surface area contributed by atoms with Crippen LogP contribution in [0.2, 0.25) is 0 Å². The van der Waals surface area contributed by atoms with Gasteiger partial charge in [0, 0.05) is 11.4 Å². The first-order valence-electron chi connectivity index (χ1n) is 6.23. The number of rotatable bonds is 3. The standard InChI is InChI=1S/C13H20N2OS.ClH/c1-9-6-12(17-10(9)2)13(16)15-8-11-4-3-5-14-7-11;/h6,11,14H,3-5,7-8H2,1-2H3,(H,15,16);1H. The number of nitrogens with one attached hydrogen (secondary N) is 2. The summed E-state index contributed by atoms with van der Waals surface area (Å²) in [5, 5.41) is 6.40. The summed E-state index contributed by atoms with van der Waals surface area (Å²) in [4.78, 5) is 14.0. The summed E-state index contributed by atoms with van der Waals surface area (Å²) in [6.07, 6.45) is 2.44. The highest BCUT2D eigenvalue weighted by molar-refractivity contribution is 7.14. The van der Waals surface area contributed by atoms with E-state index >= 15 is 0 Å². The predicted octanol–water partition coefficient (Wildman–Crippen LogP) is 2.52. The Morgan fingerprint density at radius 2 is 2.33 bits per heavy atom. The van der Waals surface area contributed by atoms with Crippen molar-refractivity contribution < 1.29 is 4.79 Å². The van der Waals surface area contributed by atoms with Crippen LogP contribution >= 0.6 is 23.7 Å². The molecule has 2 rings (SSSR count). The van der Waals surface area contributed by atoms with Crippen LogP contribution in [-0.4, -0.2) is 25.5 Å². The van der Waals surface area contributed by atoms with Gasteiger partial charge in [-0.05, 0) is 57.3 Å². The largest absolute Gasteiger partial charge is 0.351 e. The fraction of sp³-hybridized carbons (Fsp3) is 0.615. The molecule has 0 spiro atoms. The molecule has 102 valence electrons. The first kappa shape index (κ1) is 15.5. The van der Waals surface area contributed by atoms with Crippen molar-refractivity contribution in [1.82, 2.24) is 10.6 Å². The molecule has 1 unspecified atom stereocenters. The molecule has 18 heavy (non-hydrogen) atoms. The molecule has 1 amide bonds. The second kappa shape index (κ2) is 7.12. The topological polar surface area (TPSA) is 41.1 Å². The van der Waals surface area contributed by atoms with E-state index in [1.54, 1.807) is 11.3 Å². The number of hydrogen-bond acceptors (Lipinski definition) is 3. The average molecular weight is 289 g/mol. The van der Waals surface area contributed by atoms with E-state index in [-0.39, 0.29) is 18.3 Å². The molecule has 0 radical (unpaired) electrons. The molecule has 0 bridgehead atoms. The molecule has 1 atom stereocenters. The van der Waals surface area contributed by atoms with Gasteiger partial charge in [-0.25, -0.2) is 0 Å². The number of carbonyl (C=O) groups excluding carboxylic acids is 1. The van der Waals surface area contributed by atoms with E-state index in [1.807, 2.05) is 13.0 Å². The molecule has 0 saturated carbocycles. The Balaban J connectivity index is 0.00000162. The van der Waals surface area contributed by atoms with E-state index in [0.29, 0.717) is 5.92 Å². The van der Waals surface area contributed by atoms with Gasteiger partial charge < -0.3 is 10.6 Å². The minimum atomic E-state index is 0. The van der Waals surface area contributed by atoms with E-state index in [0.717, 1.165) is 24.5 Å². The van der Waals surface area contributed by atoms with Gasteiger partial charge in [0.1, 0.15) is 0 Å². The Morgan fingerprint density at radius 1 is 1.56 bits per heavy atom. The van der Waals surface area contributed by atoms with E-state index < -0.39 is 0 Å². The molecule has 1 aromatic rings. The number of aryl methyl sites for hydroxylation is 2. The Labute approximate surface area is 119 Å². The zero-order valence-corrected chi connectivity index (χ0v) is 12.5. The number of hydrogen-bond donors (Lipinski definition) is 2. The van der Waals surface area contributed by atoms with Crippen LogP contribution in [0.5, 0.6) is 0 Å². The quantitative estimate of drug-likeness (QED) is 0.897. The third-order valence-corrected chi connectivity index (χ3v) is 4.49. The van der Waals surface area contributed by atoms with Crippen LogP contribution in [0.15, 0.2) is 6.07 Å². The van der Waals surface area contributed by atoms with E-state index in [1.165, 1.54) is 23.3 Å². The van der Waals surface area contributed by atoms with Crippen molar-refractivity contribution >= 4 is 29.7 Å². The molecule has 2 heterocycles. The molecule has 1 saturated heterocycles. The highest BCUT2D eigenvalue weighted by Gasteiger charge is 2.15. The Hall–Kier alpha value is -0.580. The maximum atomic E-state index is 11.9. The molecular weight excluding hydrogens is 268 g/mol. The zero-order valence-electron chi connectivity index (χ0n) is 10.9. The van der Waals surface area contributed by atoms with Crippen molar-refractivity contribution in [3.8, 4) is 0 Å². The van der Waals surface area contributed by atoms with Gasteiger partial charge in [-0.1, -0.05) is 0 Å². The highest BCUT2D eigenvalue weighted by Crippen LogP contribution is 2.20. The summed E-state index contributed by atoms with van der Waals surface area (Å²) >= 11 is 1.58. The maximum Gasteiger partial charge on any atom is 0.261 e. The molecule has 1 aliphatic rings. The monoisotopic (exact) mass is 288 g/mol. The van der Waals surface area contributed by atoms with E-state index in [4.69, 9.17) is 0 Å². The summed E-state index contributed by atoms with van der Waals surface area (Å²) in [5.74, 6) is 0.673. The molecule has 0 aliphatic carbocycles. The summed E-state index contributed by atoms with van der Waals surface area (Å²) in [6.45, 7) is 7.05. The van der Waals surface area contributed by atoms with Crippen molar-refractivity contribution in [3.63, 3.8) is 0 Å². The fourth-order valence-electron chi connectivity index (χ4n) is 2.11. The minimum Gasteiger partial charge on any atom is -0.351 e. The summed E-state index contributed by atoms with van der Waals surface area (Å²) in [5.41, 5.74) is 1.21. The predicted molar refractivity (Wildman–Crippen MR) is 79.0 cm³/mol. The first-order valence-corrected chi connectivity index (χ1v) is 7.04. The van der Waals surface area contributed by atoms with Crippen molar-refractivity contribution in [3.05, 3.63) is 21.4 Å². The fourth-order valence-corrected chi connectivity index (χ4v) is 3.06. The van der Waals surface area contributed by atoms with Gasteiger partial charge >= 0.3 is 0 Å². The lowest BCUT2D eigenvalue weighted by atomic mass is 10.00. The van der Waals surface area contributed by atoms with E-state index in [2.05, 4.69) is 17.6 Å². The Morgan fingerprint density at radius 3 is 2.89 bits per heavy atom. The van der Waals surface area contributed by atoms with Gasteiger partial charge in [0.05, 0.1) is 4.88 Å². The number of piperidine rings is 1. The zero-order chi connectivity index (χ0) is 12.3. The summed E-state index contributed by atoms with van der Waals surface area (Å²) in [6, 6.07) is 1.98. The number of thiophene rings is 1. The van der Waals surface area contributed by atoms with Crippen molar-refractivity contribution in [2.75, 3.05) is 19.6 Å². The Bertz CT molecular complexity index is 380. The smallest absolute Gasteiger partial charge is 0.261 e. The lowest BCUT2D eigenvalue weighted by Gasteiger charge is -2.22. The molecule has 1 aliphatic heterocycles. The van der Waals surface area contributed by atoms with E-state index in [9.17, 15) is 4.79 Å². The summed E-state index contributed by atoms with van der Waals surface area (Å²) < 4.78 is 0. The average Bonchev–Trinajstić information content (AvgIpc) is 2.68. The van der Waals surface area contributed by atoms with Gasteiger partial charge in [-0.15, -0.1) is 23.7 Å². The Kier molecular flexibility index (Phi) is 6.12. The van der Waals surface area contributed by atoms with Crippen LogP contribution in [0, 0.1) is 19.8 Å². The number of amides is 1. The molecule has 1 fully saturated rings. The van der Waals surface area contributed by atoms with Crippen molar-refractivity contribution in [2.45, 2.75) is 26.7 Å². The van der Waals surface area contributed by atoms with Crippen LogP contribution in [0.4, 0.5) is 0 Å². The second-order valence-electron chi connectivity index (χ2n) is 4.77. The van der Waals surface area contributed by atoms with Gasteiger partial charge in [-0.2, -0.15) is 0 Å². The van der Waals surface area contributed by atoms with Gasteiger partial charge in [0.2, 0.25) is 0 Å². The molecule has 3 nitrogen and oxygen atoms in total. The molecular formula is C13H21ClN2OS. The maximum absolute atomic E-state index is 11.9. The number of halogens is 1. The highest BCUT2D eigenvalue weighted by atomic mass is 35.5. The minimum absolute atomic E-state index is 0. The lowest BCUT2D eigenvalue weighted by molar-refractivity contribution is 0.0949. The van der Waals surface area contributed by atoms with Crippen LogP contribution in [0.25, 0.3) is 0 Å². The molecule has 0 aromatic carbocycles. The van der Waals surface area contributed by atoms with Crippen LogP contribution in [-0.2, 0) is 0 Å². The molecule has 1 aromatic heterocycles. The van der Waals surface area contributed by atoms with Crippen molar-refractivity contribution in [1.29, 1.82) is 0 Å². The molecule has 2 N–H and O–H groups in total. The third kappa shape index (κ3) is 3.97. The normalized spacial score (nSPS) is 19.1. The SMILES string of the molecule is Cc1cc(C(=O)NCC2CCCNC2)sc1C.Cl. The third-order valence-electron chi connectivity index (χ3n) is 3.34. The number of carbonyl (C=O) groups is 1. The molecule has 5 heteroatoms. The van der Waals surface area contributed by atoms with Crippen LogP contribution in [0.1, 0.15) is 33.0 Å². The van der Waals surface area contributed by atoms with Crippen LogP contribution in [0.3, 0.4) is 0 Å². The van der Waals surface area contributed by atoms with Crippen molar-refractivity contribution in [2.24, 2.45) is 5.92 Å². The summed E-state index contributed by atoms with van der Waals surface area (Å²) in [7, 11) is 0. The van der Waals surface area contributed by atoms with Gasteiger partial charge in [0.15, 0.2) is 0 Å². The van der Waals surface area contributed by atoms with Gasteiger partial charge in [-0.3, -0.25) is 4.79 Å². The van der Waals surface area contributed by atoms with Crippen LogP contribution < -0.4 is 10.6 Å².